The second-order valence-electron chi connectivity index (χ2n) is 2.37. The lowest BCUT2D eigenvalue weighted by atomic mass is 10.1. The smallest absolute Gasteiger partial charge is 0.235 e. The summed E-state index contributed by atoms with van der Waals surface area (Å²) in [7, 11) is 0. The molecule has 0 spiro atoms. The van der Waals surface area contributed by atoms with Crippen LogP contribution in [0.15, 0.2) is 0 Å². The van der Waals surface area contributed by atoms with E-state index in [0.29, 0.717) is 6.42 Å². The first-order valence-corrected chi connectivity index (χ1v) is 4.05. The van der Waals surface area contributed by atoms with E-state index in [9.17, 15) is 4.79 Å². The van der Waals surface area contributed by atoms with Crippen molar-refractivity contribution in [3.8, 4) is 0 Å². The van der Waals surface area contributed by atoms with Crippen LogP contribution in [-0.4, -0.2) is 11.3 Å². The standard InChI is InChI=1S/C7H14ClNO/c1-2-3-4-5-6(8)7(9)10/h6H,2-5H2,1H3,(H2,9,10). The van der Waals surface area contributed by atoms with E-state index >= 15 is 0 Å². The van der Waals surface area contributed by atoms with Crippen LogP contribution in [0.25, 0.3) is 0 Å². The van der Waals surface area contributed by atoms with Crippen LogP contribution in [0.2, 0.25) is 0 Å². The zero-order chi connectivity index (χ0) is 7.98. The van der Waals surface area contributed by atoms with Crippen LogP contribution < -0.4 is 5.73 Å². The molecule has 3 heteroatoms. The quantitative estimate of drug-likeness (QED) is 0.486. The fraction of sp³-hybridized carbons (Fsp3) is 0.857. The lowest BCUT2D eigenvalue weighted by Crippen LogP contribution is -2.23. The van der Waals surface area contributed by atoms with Gasteiger partial charge in [0.2, 0.25) is 5.91 Å². The minimum atomic E-state index is -0.466. The van der Waals surface area contributed by atoms with Gasteiger partial charge in [-0.2, -0.15) is 0 Å². The minimum absolute atomic E-state index is 0.405. The van der Waals surface area contributed by atoms with Crippen molar-refractivity contribution in [1.82, 2.24) is 0 Å². The maximum atomic E-state index is 10.4. The molecular formula is C7H14ClNO. The topological polar surface area (TPSA) is 43.1 Å². The zero-order valence-electron chi connectivity index (χ0n) is 6.27. The van der Waals surface area contributed by atoms with Gasteiger partial charge in [0.25, 0.3) is 0 Å². The van der Waals surface area contributed by atoms with Gasteiger partial charge in [-0.05, 0) is 6.42 Å². The molecule has 0 heterocycles. The van der Waals surface area contributed by atoms with Gasteiger partial charge in [0.1, 0.15) is 5.38 Å². The highest BCUT2D eigenvalue weighted by molar-refractivity contribution is 6.30. The van der Waals surface area contributed by atoms with Crippen LogP contribution >= 0.6 is 11.6 Å². The highest BCUT2D eigenvalue weighted by atomic mass is 35.5. The average molecular weight is 164 g/mol. The molecule has 0 aliphatic rings. The van der Waals surface area contributed by atoms with E-state index in [1.807, 2.05) is 0 Å². The molecule has 2 N–H and O–H groups in total. The molecule has 60 valence electrons. The summed E-state index contributed by atoms with van der Waals surface area (Å²) in [6, 6.07) is 0. The molecule has 0 aromatic rings. The van der Waals surface area contributed by atoms with E-state index in [4.69, 9.17) is 17.3 Å². The average Bonchev–Trinajstić information content (AvgIpc) is 1.88. The maximum Gasteiger partial charge on any atom is 0.235 e. The summed E-state index contributed by atoms with van der Waals surface area (Å²) >= 11 is 5.58. The highest BCUT2D eigenvalue weighted by Crippen LogP contribution is 2.07. The Bertz CT molecular complexity index is 106. The van der Waals surface area contributed by atoms with Crippen LogP contribution in [0.4, 0.5) is 0 Å². The van der Waals surface area contributed by atoms with E-state index in [2.05, 4.69) is 6.92 Å². The molecule has 0 radical (unpaired) electrons. The van der Waals surface area contributed by atoms with E-state index in [1.165, 1.54) is 0 Å². The van der Waals surface area contributed by atoms with Crippen molar-refractivity contribution in [3.63, 3.8) is 0 Å². The fourth-order valence-corrected chi connectivity index (χ4v) is 0.870. The van der Waals surface area contributed by atoms with Crippen LogP contribution in [0.3, 0.4) is 0 Å². The molecule has 0 aliphatic heterocycles. The van der Waals surface area contributed by atoms with Crippen molar-refractivity contribution < 1.29 is 4.79 Å². The summed E-state index contributed by atoms with van der Waals surface area (Å²) in [4.78, 5) is 10.4. The van der Waals surface area contributed by atoms with Crippen molar-refractivity contribution in [2.45, 2.75) is 38.0 Å². The van der Waals surface area contributed by atoms with Gasteiger partial charge in [0.05, 0.1) is 0 Å². The van der Waals surface area contributed by atoms with Gasteiger partial charge in [0.15, 0.2) is 0 Å². The molecule has 0 aliphatic carbocycles. The van der Waals surface area contributed by atoms with Crippen molar-refractivity contribution in [2.75, 3.05) is 0 Å². The molecular weight excluding hydrogens is 150 g/mol. The van der Waals surface area contributed by atoms with Crippen molar-refractivity contribution >= 4 is 17.5 Å². The van der Waals surface area contributed by atoms with Crippen LogP contribution in [-0.2, 0) is 4.79 Å². The van der Waals surface area contributed by atoms with Crippen LogP contribution in [0.5, 0.6) is 0 Å². The Kier molecular flexibility index (Phi) is 5.40. The number of halogens is 1. The normalized spacial score (nSPS) is 13.0. The maximum absolute atomic E-state index is 10.4. The first kappa shape index (κ1) is 9.76. The van der Waals surface area contributed by atoms with Gasteiger partial charge in [-0.25, -0.2) is 0 Å². The Balaban J connectivity index is 3.21. The summed E-state index contributed by atoms with van der Waals surface area (Å²) in [5.74, 6) is -0.405. The molecule has 0 bridgehead atoms. The van der Waals surface area contributed by atoms with Crippen molar-refractivity contribution in [3.05, 3.63) is 0 Å². The molecule has 1 unspecified atom stereocenters. The SMILES string of the molecule is CCCCCC(Cl)C(N)=O. The number of amides is 1. The molecule has 0 rings (SSSR count). The first-order chi connectivity index (χ1) is 4.68. The van der Waals surface area contributed by atoms with Crippen molar-refractivity contribution in [1.29, 1.82) is 0 Å². The molecule has 0 saturated heterocycles. The van der Waals surface area contributed by atoms with Gasteiger partial charge in [-0.3, -0.25) is 4.79 Å². The summed E-state index contributed by atoms with van der Waals surface area (Å²) in [6.07, 6.45) is 3.97. The largest absolute Gasteiger partial charge is 0.368 e. The number of carbonyl (C=O) groups is 1. The summed E-state index contributed by atoms with van der Waals surface area (Å²) in [5.41, 5.74) is 4.95. The number of hydrogen-bond donors (Lipinski definition) is 1. The fourth-order valence-electron chi connectivity index (χ4n) is 0.716. The summed E-state index contributed by atoms with van der Waals surface area (Å²) in [6.45, 7) is 2.10. The molecule has 2 nitrogen and oxygen atoms in total. The number of hydrogen-bond acceptors (Lipinski definition) is 1. The van der Waals surface area contributed by atoms with Gasteiger partial charge in [-0.1, -0.05) is 26.2 Å². The molecule has 0 saturated carbocycles. The van der Waals surface area contributed by atoms with Gasteiger partial charge in [-0.15, -0.1) is 11.6 Å². The van der Waals surface area contributed by atoms with Crippen molar-refractivity contribution in [2.24, 2.45) is 5.73 Å². The Morgan fingerprint density at radius 2 is 2.20 bits per heavy atom. The number of unbranched alkanes of at least 4 members (excludes halogenated alkanes) is 2. The lowest BCUT2D eigenvalue weighted by Gasteiger charge is -2.02. The van der Waals surface area contributed by atoms with E-state index < -0.39 is 11.3 Å². The molecule has 10 heavy (non-hydrogen) atoms. The Hall–Kier alpha value is -0.240. The zero-order valence-corrected chi connectivity index (χ0v) is 7.03. The summed E-state index contributed by atoms with van der Waals surface area (Å²) < 4.78 is 0. The number of primary amides is 1. The van der Waals surface area contributed by atoms with Crippen LogP contribution in [0.1, 0.15) is 32.6 Å². The lowest BCUT2D eigenvalue weighted by molar-refractivity contribution is -0.117. The van der Waals surface area contributed by atoms with E-state index in [1.54, 1.807) is 0 Å². The number of carbonyl (C=O) groups excluding carboxylic acids is 1. The van der Waals surface area contributed by atoms with E-state index in [-0.39, 0.29) is 0 Å². The van der Waals surface area contributed by atoms with E-state index in [0.717, 1.165) is 19.3 Å². The second-order valence-corrected chi connectivity index (χ2v) is 2.89. The van der Waals surface area contributed by atoms with Gasteiger partial charge < -0.3 is 5.73 Å². The number of rotatable bonds is 5. The molecule has 0 fully saturated rings. The van der Waals surface area contributed by atoms with Gasteiger partial charge in [0, 0.05) is 0 Å². The second kappa shape index (κ2) is 5.54. The Morgan fingerprint density at radius 3 is 2.60 bits per heavy atom. The monoisotopic (exact) mass is 163 g/mol. The summed E-state index contributed by atoms with van der Waals surface area (Å²) in [5, 5.41) is -0.466. The number of nitrogens with two attached hydrogens (primary N) is 1. The first-order valence-electron chi connectivity index (χ1n) is 3.62. The minimum Gasteiger partial charge on any atom is -0.368 e. The predicted octanol–water partition coefficient (Wildman–Crippen LogP) is 1.66. The molecule has 0 aromatic carbocycles. The Morgan fingerprint density at radius 1 is 1.60 bits per heavy atom. The van der Waals surface area contributed by atoms with Gasteiger partial charge >= 0.3 is 0 Å². The third-order valence-electron chi connectivity index (χ3n) is 1.37. The highest BCUT2D eigenvalue weighted by Gasteiger charge is 2.09. The third kappa shape index (κ3) is 4.62. The Labute approximate surface area is 66.7 Å². The van der Waals surface area contributed by atoms with Crippen LogP contribution in [0, 0.1) is 0 Å². The molecule has 0 aromatic heterocycles. The number of alkyl halides is 1. The molecule has 1 atom stereocenters. The molecule has 1 amide bonds. The predicted molar refractivity (Wildman–Crippen MR) is 43.0 cm³/mol. The third-order valence-corrected chi connectivity index (χ3v) is 1.80.